The van der Waals surface area contributed by atoms with Gasteiger partial charge in [0.05, 0.1) is 23.5 Å². The zero-order valence-corrected chi connectivity index (χ0v) is 29.6. The average Bonchev–Trinajstić information content (AvgIpc) is 3.68. The molecule has 0 aliphatic carbocycles. The number of amides is 2. The van der Waals surface area contributed by atoms with Gasteiger partial charge in [-0.15, -0.1) is 0 Å². The number of fused-ring (bicyclic) bond motifs is 3. The van der Waals surface area contributed by atoms with E-state index in [1.165, 1.54) is 12.2 Å². The van der Waals surface area contributed by atoms with E-state index in [0.29, 0.717) is 18.7 Å². The summed E-state index contributed by atoms with van der Waals surface area (Å²) in [6.45, 7) is 12.9. The Kier molecular flexibility index (Phi) is 14.3. The minimum Gasteiger partial charge on any atom is -0.460 e. The number of oxazole rings is 1. The Morgan fingerprint density at radius 3 is 2.52 bits per heavy atom. The van der Waals surface area contributed by atoms with Crippen molar-refractivity contribution < 1.29 is 41.9 Å². The van der Waals surface area contributed by atoms with Crippen molar-refractivity contribution in [2.75, 3.05) is 38.5 Å². The van der Waals surface area contributed by atoms with Crippen molar-refractivity contribution in [3.05, 3.63) is 53.8 Å². The number of esters is 1. The Hall–Kier alpha value is -3.62. The molecule has 3 heterocycles. The quantitative estimate of drug-likeness (QED) is 0.402. The summed E-state index contributed by atoms with van der Waals surface area (Å²) < 4.78 is 38.9. The fourth-order valence-corrected chi connectivity index (χ4v) is 7.92. The first-order valence-corrected chi connectivity index (χ1v) is 18.3. The van der Waals surface area contributed by atoms with Gasteiger partial charge in [-0.25, -0.2) is 18.2 Å². The molecule has 0 spiro atoms. The Balaban J connectivity index is 2.00. The van der Waals surface area contributed by atoms with Crippen LogP contribution in [-0.2, 0) is 35.4 Å². The van der Waals surface area contributed by atoms with Gasteiger partial charge in [0.2, 0.25) is 11.8 Å². The largest absolute Gasteiger partial charge is 0.460 e. The number of hydrogen-bond acceptors (Lipinski definition) is 11. The van der Waals surface area contributed by atoms with Gasteiger partial charge in [-0.05, 0) is 38.4 Å². The Morgan fingerprint density at radius 1 is 1.15 bits per heavy atom. The summed E-state index contributed by atoms with van der Waals surface area (Å²) >= 11 is 0. The van der Waals surface area contributed by atoms with Crippen molar-refractivity contribution in [1.82, 2.24) is 20.1 Å². The number of sulfone groups is 1. The number of aliphatic hydroxyl groups excluding tert-OH is 1. The monoisotopic (exact) mass is 690 g/mol. The van der Waals surface area contributed by atoms with E-state index in [4.69, 9.17) is 9.15 Å². The standard InChI is InChI=1S/C34H50N4O9S/c1-7-37(8-2)16-17-48(44,45)28-13-15-38-31(28)34(43)47-32(22(3)4)24(6)11-12-29(41)35-14-9-10-23(5)18-25(39)19-26(40)20-30-36-27(21-46-30)33(38)42/h9-12,18,21-22,24-25,28,31-32,39H,7-8,13-17,19-20H2,1-6H3,(H,35,41)/b10-9+,12-11+,23-18+. The number of rotatable bonds is 7. The van der Waals surface area contributed by atoms with Gasteiger partial charge in [-0.3, -0.25) is 14.4 Å². The van der Waals surface area contributed by atoms with E-state index in [0.717, 1.165) is 11.2 Å². The molecule has 1 saturated heterocycles. The van der Waals surface area contributed by atoms with E-state index in [1.807, 2.05) is 32.6 Å². The zero-order valence-electron chi connectivity index (χ0n) is 28.8. The van der Waals surface area contributed by atoms with Gasteiger partial charge in [0, 0.05) is 32.0 Å². The highest BCUT2D eigenvalue weighted by Gasteiger charge is 2.50. The van der Waals surface area contributed by atoms with Gasteiger partial charge in [0.25, 0.3) is 5.91 Å². The summed E-state index contributed by atoms with van der Waals surface area (Å²) in [5.41, 5.74) is 0.505. The molecule has 2 aliphatic heterocycles. The number of Topliss-reactive ketones (excluding diaryl/α,β-unsaturated/α-hetero) is 1. The summed E-state index contributed by atoms with van der Waals surface area (Å²) in [7, 11) is -3.87. The fourth-order valence-electron chi connectivity index (χ4n) is 5.99. The molecule has 3 rings (SSSR count). The molecule has 1 fully saturated rings. The lowest BCUT2D eigenvalue weighted by Gasteiger charge is -2.31. The molecule has 1 aromatic rings. The first-order valence-electron chi connectivity index (χ1n) is 16.6. The van der Waals surface area contributed by atoms with Gasteiger partial charge in [-0.2, -0.15) is 0 Å². The SMILES string of the molecule is CCN(CC)CCS(=O)(=O)C1CCN2C(=O)c3coc(n3)CC(=O)CC(O)/C=C(C)/C=C/CNC(=O)/C=C/C(C)C(C(C)C)OC(=O)C12. The van der Waals surface area contributed by atoms with Gasteiger partial charge < -0.3 is 29.4 Å². The number of nitrogens with zero attached hydrogens (tertiary/aromatic N) is 3. The maximum atomic E-state index is 14.0. The molecule has 266 valence electrons. The van der Waals surface area contributed by atoms with Crippen LogP contribution in [0.5, 0.6) is 0 Å². The molecule has 2 bridgehead atoms. The second-order valence-corrected chi connectivity index (χ2v) is 15.0. The van der Waals surface area contributed by atoms with Gasteiger partial charge >= 0.3 is 5.97 Å². The van der Waals surface area contributed by atoms with Crippen molar-refractivity contribution in [2.45, 2.75) is 84.3 Å². The van der Waals surface area contributed by atoms with Gasteiger partial charge in [0.15, 0.2) is 15.5 Å². The van der Waals surface area contributed by atoms with Crippen LogP contribution in [-0.4, -0.2) is 114 Å². The predicted octanol–water partition coefficient (Wildman–Crippen LogP) is 2.27. The Morgan fingerprint density at radius 2 is 1.85 bits per heavy atom. The van der Waals surface area contributed by atoms with Crippen molar-refractivity contribution >= 4 is 33.4 Å². The molecule has 0 radical (unpaired) electrons. The molecule has 5 atom stereocenters. The smallest absolute Gasteiger partial charge is 0.330 e. The molecule has 14 heteroatoms. The number of cyclic esters (lactones) is 1. The molecule has 48 heavy (non-hydrogen) atoms. The number of allylic oxidation sites excluding steroid dienone is 2. The average molecular weight is 691 g/mol. The number of ether oxygens (including phenoxy) is 1. The minimum absolute atomic E-state index is 0.0243. The minimum atomic E-state index is -3.87. The number of hydrogen-bond donors (Lipinski definition) is 2. The molecule has 2 N–H and O–H groups in total. The van der Waals surface area contributed by atoms with Crippen LogP contribution in [0.3, 0.4) is 0 Å². The van der Waals surface area contributed by atoms with Crippen LogP contribution >= 0.6 is 0 Å². The number of nitrogens with one attached hydrogen (secondary N) is 1. The highest BCUT2D eigenvalue weighted by Crippen LogP contribution is 2.30. The topological polar surface area (TPSA) is 176 Å². The first kappa shape index (κ1) is 38.8. The summed E-state index contributed by atoms with van der Waals surface area (Å²) in [6, 6.07) is -1.44. The first-order chi connectivity index (χ1) is 22.7. The molecule has 1 aromatic heterocycles. The third kappa shape index (κ3) is 10.7. The van der Waals surface area contributed by atoms with Crippen molar-refractivity contribution in [2.24, 2.45) is 11.8 Å². The van der Waals surface area contributed by atoms with E-state index in [-0.39, 0.29) is 73.8 Å². The summed E-state index contributed by atoms with van der Waals surface area (Å²) in [5.74, 6) is -3.23. The molecule has 0 saturated carbocycles. The van der Waals surface area contributed by atoms with Gasteiger partial charge in [0.1, 0.15) is 24.2 Å². The van der Waals surface area contributed by atoms with Crippen LogP contribution in [0.1, 0.15) is 70.8 Å². The lowest BCUT2D eigenvalue weighted by Crippen LogP contribution is -2.50. The maximum Gasteiger partial charge on any atom is 0.330 e. The van der Waals surface area contributed by atoms with Gasteiger partial charge in [-0.1, -0.05) is 64.5 Å². The van der Waals surface area contributed by atoms with E-state index in [1.54, 1.807) is 32.1 Å². The third-order valence-corrected chi connectivity index (χ3v) is 10.8. The lowest BCUT2D eigenvalue weighted by atomic mass is 9.94. The van der Waals surface area contributed by atoms with E-state index < -0.39 is 51.1 Å². The lowest BCUT2D eigenvalue weighted by molar-refractivity contribution is -0.157. The van der Waals surface area contributed by atoms with E-state index >= 15 is 0 Å². The highest BCUT2D eigenvalue weighted by molar-refractivity contribution is 7.92. The molecular formula is C34H50N4O9S. The summed E-state index contributed by atoms with van der Waals surface area (Å²) in [6.07, 6.45) is 6.68. The van der Waals surface area contributed by atoms with Crippen molar-refractivity contribution in [1.29, 1.82) is 0 Å². The molecular weight excluding hydrogens is 640 g/mol. The molecule has 5 unspecified atom stereocenters. The number of carbonyl (C=O) groups is 4. The second kappa shape index (κ2) is 17.7. The Labute approximate surface area is 283 Å². The van der Waals surface area contributed by atoms with Crippen LogP contribution in [0, 0.1) is 11.8 Å². The van der Waals surface area contributed by atoms with Crippen LogP contribution in [0.25, 0.3) is 0 Å². The number of carbonyl (C=O) groups excluding carboxylic acids is 4. The zero-order chi connectivity index (χ0) is 35.6. The van der Waals surface area contributed by atoms with Crippen molar-refractivity contribution in [3.63, 3.8) is 0 Å². The number of aromatic nitrogens is 1. The summed E-state index contributed by atoms with van der Waals surface area (Å²) in [4.78, 5) is 60.3. The van der Waals surface area contributed by atoms with E-state index in [9.17, 15) is 32.7 Å². The number of ketones is 1. The van der Waals surface area contributed by atoms with Crippen molar-refractivity contribution in [3.8, 4) is 0 Å². The highest BCUT2D eigenvalue weighted by atomic mass is 32.2. The molecule has 2 aliphatic rings. The normalized spacial score (nSPS) is 28.1. The predicted molar refractivity (Wildman–Crippen MR) is 180 cm³/mol. The summed E-state index contributed by atoms with van der Waals surface area (Å²) in [5, 5.41) is 11.9. The van der Waals surface area contributed by atoms with Crippen LogP contribution in [0.15, 0.2) is 46.6 Å². The maximum absolute atomic E-state index is 14.0. The van der Waals surface area contributed by atoms with E-state index in [2.05, 4.69) is 10.3 Å². The third-order valence-electron chi connectivity index (χ3n) is 8.66. The van der Waals surface area contributed by atoms with Crippen LogP contribution in [0.4, 0.5) is 0 Å². The van der Waals surface area contributed by atoms with Crippen LogP contribution in [0.2, 0.25) is 0 Å². The molecule has 0 aromatic carbocycles. The second-order valence-electron chi connectivity index (χ2n) is 12.7. The Bertz CT molecular complexity index is 1490. The number of aliphatic hydroxyl groups is 1. The van der Waals surface area contributed by atoms with Crippen LogP contribution < -0.4 is 5.32 Å². The molecule has 2 amide bonds. The molecule has 13 nitrogen and oxygen atoms in total. The fraction of sp³-hybridized carbons (Fsp3) is 0.618.